The second kappa shape index (κ2) is 5.27. The fraction of sp³-hybridized carbons (Fsp3) is 0.385. The SMILES string of the molecule is COc1cc(OC)c(-c2c(C)c(CO)nn2C)cn1. The summed E-state index contributed by atoms with van der Waals surface area (Å²) in [6, 6.07) is 1.72. The standard InChI is InChI=1S/C13H17N3O3/c1-8-10(7-17)15-16(2)13(8)9-6-14-12(19-4)5-11(9)18-3/h5-6,17H,7H2,1-4H3. The maximum Gasteiger partial charge on any atom is 0.216 e. The van der Waals surface area contributed by atoms with Crippen LogP contribution in [0.3, 0.4) is 0 Å². The molecule has 0 radical (unpaired) electrons. The van der Waals surface area contributed by atoms with Gasteiger partial charge in [-0.15, -0.1) is 0 Å². The van der Waals surface area contributed by atoms with Crippen molar-refractivity contribution >= 4 is 0 Å². The van der Waals surface area contributed by atoms with E-state index in [1.54, 1.807) is 31.2 Å². The first-order chi connectivity index (χ1) is 9.12. The molecule has 2 rings (SSSR count). The van der Waals surface area contributed by atoms with E-state index in [0.717, 1.165) is 16.8 Å². The Balaban J connectivity index is 2.61. The summed E-state index contributed by atoms with van der Waals surface area (Å²) < 4.78 is 12.2. The van der Waals surface area contributed by atoms with Gasteiger partial charge < -0.3 is 14.6 Å². The number of pyridine rings is 1. The van der Waals surface area contributed by atoms with Crippen molar-refractivity contribution in [2.75, 3.05) is 14.2 Å². The molecule has 0 saturated heterocycles. The molecule has 0 fully saturated rings. The molecule has 6 nitrogen and oxygen atoms in total. The Bertz CT molecular complexity index is 593. The summed E-state index contributed by atoms with van der Waals surface area (Å²) in [6.45, 7) is 1.82. The van der Waals surface area contributed by atoms with E-state index in [2.05, 4.69) is 10.1 Å². The second-order valence-corrected chi connectivity index (χ2v) is 4.13. The van der Waals surface area contributed by atoms with Crippen LogP contribution in [0, 0.1) is 6.92 Å². The van der Waals surface area contributed by atoms with Crippen molar-refractivity contribution in [2.45, 2.75) is 13.5 Å². The van der Waals surface area contributed by atoms with Crippen LogP contribution in [0.25, 0.3) is 11.3 Å². The van der Waals surface area contributed by atoms with Gasteiger partial charge in [0.15, 0.2) is 0 Å². The van der Waals surface area contributed by atoms with Crippen LogP contribution in [0.1, 0.15) is 11.3 Å². The number of aliphatic hydroxyl groups is 1. The Morgan fingerprint density at radius 3 is 2.58 bits per heavy atom. The number of hydrogen-bond acceptors (Lipinski definition) is 5. The van der Waals surface area contributed by atoms with Crippen LogP contribution < -0.4 is 9.47 Å². The first kappa shape index (κ1) is 13.4. The molecule has 0 aliphatic carbocycles. The smallest absolute Gasteiger partial charge is 0.216 e. The van der Waals surface area contributed by atoms with Gasteiger partial charge in [0.2, 0.25) is 5.88 Å². The van der Waals surface area contributed by atoms with Gasteiger partial charge in [0.25, 0.3) is 0 Å². The number of aromatic nitrogens is 3. The largest absolute Gasteiger partial charge is 0.496 e. The van der Waals surface area contributed by atoms with Crippen LogP contribution in [0.2, 0.25) is 0 Å². The molecule has 0 atom stereocenters. The maximum atomic E-state index is 9.27. The molecule has 2 aromatic rings. The van der Waals surface area contributed by atoms with Crippen molar-refractivity contribution in [1.29, 1.82) is 0 Å². The van der Waals surface area contributed by atoms with E-state index in [4.69, 9.17) is 9.47 Å². The molecular formula is C13H17N3O3. The number of aryl methyl sites for hydroxylation is 1. The first-order valence-corrected chi connectivity index (χ1v) is 5.84. The molecule has 1 N–H and O–H groups in total. The van der Waals surface area contributed by atoms with Crippen LogP contribution in [0.15, 0.2) is 12.3 Å². The van der Waals surface area contributed by atoms with Crippen molar-refractivity contribution in [3.8, 4) is 22.9 Å². The van der Waals surface area contributed by atoms with E-state index in [9.17, 15) is 5.11 Å². The van der Waals surface area contributed by atoms with E-state index in [-0.39, 0.29) is 6.61 Å². The number of aliphatic hydroxyl groups excluding tert-OH is 1. The third-order valence-corrected chi connectivity index (χ3v) is 3.06. The average molecular weight is 263 g/mol. The van der Waals surface area contributed by atoms with Gasteiger partial charge in [0, 0.05) is 24.9 Å². The summed E-state index contributed by atoms with van der Waals surface area (Å²) >= 11 is 0. The lowest BCUT2D eigenvalue weighted by Gasteiger charge is -2.10. The van der Waals surface area contributed by atoms with Gasteiger partial charge in [-0.05, 0) is 6.92 Å². The zero-order chi connectivity index (χ0) is 14.0. The summed E-state index contributed by atoms with van der Waals surface area (Å²) in [6.07, 6.45) is 1.68. The summed E-state index contributed by atoms with van der Waals surface area (Å²) in [5, 5.41) is 13.5. The van der Waals surface area contributed by atoms with E-state index < -0.39 is 0 Å². The van der Waals surface area contributed by atoms with Crippen LogP contribution >= 0.6 is 0 Å². The van der Waals surface area contributed by atoms with Crippen LogP contribution in [0.5, 0.6) is 11.6 Å². The molecule has 0 bridgehead atoms. The van der Waals surface area contributed by atoms with Crippen molar-refractivity contribution < 1.29 is 14.6 Å². The summed E-state index contributed by atoms with van der Waals surface area (Å²) in [5.41, 5.74) is 3.25. The minimum absolute atomic E-state index is 0.0917. The van der Waals surface area contributed by atoms with Gasteiger partial charge >= 0.3 is 0 Å². The number of ether oxygens (including phenoxy) is 2. The molecule has 102 valence electrons. The molecule has 0 aliphatic heterocycles. The lowest BCUT2D eigenvalue weighted by Crippen LogP contribution is -1.99. The van der Waals surface area contributed by atoms with Crippen molar-refractivity contribution in [1.82, 2.24) is 14.8 Å². The van der Waals surface area contributed by atoms with Gasteiger partial charge in [-0.1, -0.05) is 0 Å². The quantitative estimate of drug-likeness (QED) is 0.900. The second-order valence-electron chi connectivity index (χ2n) is 4.13. The fourth-order valence-corrected chi connectivity index (χ4v) is 2.09. The topological polar surface area (TPSA) is 69.4 Å². The third kappa shape index (κ3) is 2.26. The Morgan fingerprint density at radius 1 is 1.32 bits per heavy atom. The zero-order valence-corrected chi connectivity index (χ0v) is 11.5. The minimum atomic E-state index is -0.0917. The van der Waals surface area contributed by atoms with Crippen molar-refractivity contribution in [3.63, 3.8) is 0 Å². The van der Waals surface area contributed by atoms with E-state index >= 15 is 0 Å². The predicted molar refractivity (Wildman–Crippen MR) is 70.2 cm³/mol. The molecule has 0 unspecified atom stereocenters. The molecule has 2 aromatic heterocycles. The monoisotopic (exact) mass is 263 g/mol. The molecule has 6 heteroatoms. The highest BCUT2D eigenvalue weighted by molar-refractivity contribution is 5.70. The zero-order valence-electron chi connectivity index (χ0n) is 11.5. The van der Waals surface area contributed by atoms with Crippen LogP contribution in [-0.4, -0.2) is 34.1 Å². The van der Waals surface area contributed by atoms with Crippen LogP contribution in [0.4, 0.5) is 0 Å². The molecule has 19 heavy (non-hydrogen) atoms. The van der Waals surface area contributed by atoms with E-state index in [0.29, 0.717) is 17.3 Å². The van der Waals surface area contributed by atoms with E-state index in [1.807, 2.05) is 14.0 Å². The fourth-order valence-electron chi connectivity index (χ4n) is 2.09. The molecular weight excluding hydrogens is 246 g/mol. The molecule has 0 aliphatic rings. The molecule has 2 heterocycles. The Labute approximate surface area is 111 Å². The summed E-state index contributed by atoms with van der Waals surface area (Å²) in [4.78, 5) is 4.19. The summed E-state index contributed by atoms with van der Waals surface area (Å²) in [5.74, 6) is 1.14. The summed E-state index contributed by atoms with van der Waals surface area (Å²) in [7, 11) is 4.97. The highest BCUT2D eigenvalue weighted by Crippen LogP contribution is 2.34. The average Bonchev–Trinajstić information content (AvgIpc) is 2.72. The Hall–Kier alpha value is -2.08. The van der Waals surface area contributed by atoms with Crippen molar-refractivity contribution in [3.05, 3.63) is 23.5 Å². The lowest BCUT2D eigenvalue weighted by atomic mass is 10.1. The molecule has 0 amide bonds. The van der Waals surface area contributed by atoms with Gasteiger partial charge in [-0.25, -0.2) is 4.98 Å². The van der Waals surface area contributed by atoms with E-state index in [1.165, 1.54) is 0 Å². The highest BCUT2D eigenvalue weighted by Gasteiger charge is 2.18. The third-order valence-electron chi connectivity index (χ3n) is 3.06. The highest BCUT2D eigenvalue weighted by atomic mass is 16.5. The predicted octanol–water partition coefficient (Wildman–Crippen LogP) is 1.30. The number of rotatable bonds is 4. The molecule has 0 aromatic carbocycles. The lowest BCUT2D eigenvalue weighted by molar-refractivity contribution is 0.275. The first-order valence-electron chi connectivity index (χ1n) is 5.84. The molecule has 0 spiro atoms. The molecule has 0 saturated carbocycles. The number of hydrogen-bond donors (Lipinski definition) is 1. The van der Waals surface area contributed by atoms with Gasteiger partial charge in [0.1, 0.15) is 5.75 Å². The Kier molecular flexibility index (Phi) is 3.71. The number of nitrogens with zero attached hydrogens (tertiary/aromatic N) is 3. The van der Waals surface area contributed by atoms with Crippen LogP contribution in [-0.2, 0) is 13.7 Å². The number of methoxy groups -OCH3 is 2. The van der Waals surface area contributed by atoms with Gasteiger partial charge in [-0.3, -0.25) is 4.68 Å². The van der Waals surface area contributed by atoms with Gasteiger partial charge in [0.05, 0.1) is 37.8 Å². The normalized spacial score (nSPS) is 10.6. The minimum Gasteiger partial charge on any atom is -0.496 e. The van der Waals surface area contributed by atoms with Crippen molar-refractivity contribution in [2.24, 2.45) is 7.05 Å². The van der Waals surface area contributed by atoms with Gasteiger partial charge in [-0.2, -0.15) is 5.10 Å². The Morgan fingerprint density at radius 2 is 2.05 bits per heavy atom. The maximum absolute atomic E-state index is 9.27.